The molecule has 0 aliphatic heterocycles. The van der Waals surface area contributed by atoms with E-state index in [-0.39, 0.29) is 4.90 Å². The molecule has 5 heteroatoms. The Morgan fingerprint density at radius 1 is 1.26 bits per heavy atom. The fraction of sp³-hybridized carbons (Fsp3) is 0.500. The van der Waals surface area contributed by atoms with Crippen molar-refractivity contribution in [3.8, 4) is 0 Å². The number of hydrogen-bond acceptors (Lipinski definition) is 3. The van der Waals surface area contributed by atoms with Gasteiger partial charge in [-0.05, 0) is 32.4 Å². The van der Waals surface area contributed by atoms with E-state index in [9.17, 15) is 13.2 Å². The normalized spacial score (nSPS) is 13.0. The smallest absolute Gasteiger partial charge is 0.238 e. The number of rotatable bonds is 6. The maximum Gasteiger partial charge on any atom is 0.238 e. The van der Waals surface area contributed by atoms with Crippen molar-refractivity contribution < 1.29 is 13.2 Å². The molecule has 1 rings (SSSR count). The maximum absolute atomic E-state index is 12.3. The lowest BCUT2D eigenvalue weighted by Gasteiger charge is -2.13. The predicted molar refractivity (Wildman–Crippen MR) is 75.7 cm³/mol. The van der Waals surface area contributed by atoms with Gasteiger partial charge < -0.3 is 5.32 Å². The van der Waals surface area contributed by atoms with Crippen LogP contribution in [0.4, 0.5) is 0 Å². The molecule has 0 aliphatic rings. The molecule has 4 nitrogen and oxygen atoms in total. The van der Waals surface area contributed by atoms with Crippen LogP contribution in [0.25, 0.3) is 0 Å². The Morgan fingerprint density at radius 3 is 2.37 bits per heavy atom. The second-order valence-electron chi connectivity index (χ2n) is 4.64. The molecule has 0 saturated heterocycles. The second-order valence-corrected chi connectivity index (χ2v) is 6.91. The van der Waals surface area contributed by atoms with Gasteiger partial charge in [0.1, 0.15) is 5.25 Å². The van der Waals surface area contributed by atoms with Crippen molar-refractivity contribution in [3.63, 3.8) is 0 Å². The molecular formula is C14H21NO3S. The first-order chi connectivity index (χ1) is 8.89. The second kappa shape index (κ2) is 6.70. The topological polar surface area (TPSA) is 63.2 Å². The molecule has 1 atom stereocenters. The van der Waals surface area contributed by atoms with E-state index < -0.39 is 21.0 Å². The first kappa shape index (κ1) is 15.7. The van der Waals surface area contributed by atoms with Crippen molar-refractivity contribution in [2.45, 2.75) is 43.8 Å². The number of benzene rings is 1. The summed E-state index contributed by atoms with van der Waals surface area (Å²) in [6, 6.07) is 6.55. The van der Waals surface area contributed by atoms with E-state index in [2.05, 4.69) is 5.32 Å². The highest BCUT2D eigenvalue weighted by Gasteiger charge is 2.29. The van der Waals surface area contributed by atoms with Crippen LogP contribution in [0.5, 0.6) is 0 Å². The van der Waals surface area contributed by atoms with Gasteiger partial charge >= 0.3 is 0 Å². The average molecular weight is 283 g/mol. The third kappa shape index (κ3) is 4.06. The summed E-state index contributed by atoms with van der Waals surface area (Å²) in [6.07, 6.45) is 1.81. The lowest BCUT2D eigenvalue weighted by Crippen LogP contribution is -2.38. The highest BCUT2D eigenvalue weighted by molar-refractivity contribution is 7.92. The Labute approximate surface area is 115 Å². The summed E-state index contributed by atoms with van der Waals surface area (Å²) in [6.45, 7) is 5.84. The number of carbonyl (C=O) groups excluding carboxylic acids is 1. The van der Waals surface area contributed by atoms with E-state index >= 15 is 0 Å². The fourth-order valence-electron chi connectivity index (χ4n) is 1.61. The Bertz CT molecular complexity index is 520. The molecule has 0 radical (unpaired) electrons. The van der Waals surface area contributed by atoms with Crippen molar-refractivity contribution in [3.05, 3.63) is 29.8 Å². The molecule has 0 aliphatic carbocycles. The zero-order valence-corrected chi connectivity index (χ0v) is 12.5. The number of sulfone groups is 1. The van der Waals surface area contributed by atoms with E-state index in [4.69, 9.17) is 0 Å². The molecule has 0 fully saturated rings. The van der Waals surface area contributed by atoms with Crippen molar-refractivity contribution in [1.82, 2.24) is 5.32 Å². The summed E-state index contributed by atoms with van der Waals surface area (Å²) in [5.74, 6) is -0.436. The van der Waals surface area contributed by atoms with E-state index in [1.807, 2.05) is 13.8 Å². The van der Waals surface area contributed by atoms with Crippen LogP contribution in [0, 0.1) is 6.92 Å². The molecule has 1 aromatic carbocycles. The molecule has 0 unspecified atom stereocenters. The molecule has 1 amide bonds. The largest absolute Gasteiger partial charge is 0.355 e. The van der Waals surface area contributed by atoms with Gasteiger partial charge in [-0.15, -0.1) is 0 Å². The molecular weight excluding hydrogens is 262 g/mol. The van der Waals surface area contributed by atoms with Crippen LogP contribution >= 0.6 is 0 Å². The summed E-state index contributed by atoms with van der Waals surface area (Å²) >= 11 is 0. The Balaban J connectivity index is 2.82. The van der Waals surface area contributed by atoms with Gasteiger partial charge in [-0.2, -0.15) is 0 Å². The lowest BCUT2D eigenvalue weighted by atomic mass is 10.2. The molecule has 106 valence electrons. The van der Waals surface area contributed by atoms with Crippen LogP contribution in [0.1, 0.15) is 32.3 Å². The van der Waals surface area contributed by atoms with Gasteiger partial charge in [-0.25, -0.2) is 8.42 Å². The average Bonchev–Trinajstić information content (AvgIpc) is 2.38. The highest BCUT2D eigenvalue weighted by Crippen LogP contribution is 2.16. The van der Waals surface area contributed by atoms with Crippen LogP contribution in [0.15, 0.2) is 29.2 Å². The Hall–Kier alpha value is -1.36. The molecule has 1 N–H and O–H groups in total. The first-order valence-corrected chi connectivity index (χ1v) is 8.02. The third-order valence-electron chi connectivity index (χ3n) is 3.01. The zero-order chi connectivity index (χ0) is 14.5. The number of nitrogens with one attached hydrogen (secondary N) is 1. The lowest BCUT2D eigenvalue weighted by molar-refractivity contribution is -0.120. The van der Waals surface area contributed by atoms with Crippen LogP contribution in [-0.4, -0.2) is 26.1 Å². The maximum atomic E-state index is 12.3. The van der Waals surface area contributed by atoms with Gasteiger partial charge in [-0.3, -0.25) is 4.79 Å². The molecule has 1 aromatic rings. The van der Waals surface area contributed by atoms with Gasteiger partial charge in [0, 0.05) is 6.54 Å². The zero-order valence-electron chi connectivity index (χ0n) is 11.6. The van der Waals surface area contributed by atoms with E-state index in [0.29, 0.717) is 6.54 Å². The van der Waals surface area contributed by atoms with Crippen LogP contribution < -0.4 is 5.32 Å². The summed E-state index contributed by atoms with van der Waals surface area (Å²) < 4.78 is 24.5. The number of amides is 1. The summed E-state index contributed by atoms with van der Waals surface area (Å²) in [5, 5.41) is 1.59. The number of unbranched alkanes of at least 4 members (excludes halogenated alkanes) is 1. The number of aryl methyl sites for hydroxylation is 1. The molecule has 0 bridgehead atoms. The number of hydrogen-bond donors (Lipinski definition) is 1. The molecule has 0 aromatic heterocycles. The van der Waals surface area contributed by atoms with E-state index in [1.54, 1.807) is 24.3 Å². The van der Waals surface area contributed by atoms with Gasteiger partial charge in [0.25, 0.3) is 0 Å². The summed E-state index contributed by atoms with van der Waals surface area (Å²) in [4.78, 5) is 12.0. The molecule has 0 spiro atoms. The molecule has 0 saturated carbocycles. The van der Waals surface area contributed by atoms with Crippen molar-refractivity contribution in [2.75, 3.05) is 6.54 Å². The highest BCUT2D eigenvalue weighted by atomic mass is 32.2. The van der Waals surface area contributed by atoms with Crippen molar-refractivity contribution >= 4 is 15.7 Å². The number of carbonyl (C=O) groups is 1. The van der Waals surface area contributed by atoms with Gasteiger partial charge in [0.05, 0.1) is 4.90 Å². The SMILES string of the molecule is CCCCNC(=O)[C@H](C)S(=O)(=O)c1ccc(C)cc1. The first-order valence-electron chi connectivity index (χ1n) is 6.48. The van der Waals surface area contributed by atoms with Gasteiger partial charge in [-0.1, -0.05) is 31.0 Å². The molecule has 0 heterocycles. The minimum Gasteiger partial charge on any atom is -0.355 e. The molecule has 19 heavy (non-hydrogen) atoms. The van der Waals surface area contributed by atoms with Crippen molar-refractivity contribution in [1.29, 1.82) is 0 Å². The van der Waals surface area contributed by atoms with E-state index in [0.717, 1.165) is 18.4 Å². The summed E-state index contributed by atoms with van der Waals surface area (Å²) in [7, 11) is -3.60. The minimum absolute atomic E-state index is 0.191. The Morgan fingerprint density at radius 2 is 1.84 bits per heavy atom. The monoisotopic (exact) mass is 283 g/mol. The van der Waals surface area contributed by atoms with Crippen molar-refractivity contribution in [2.24, 2.45) is 0 Å². The quantitative estimate of drug-likeness (QED) is 0.813. The van der Waals surface area contributed by atoms with Gasteiger partial charge in [0.15, 0.2) is 9.84 Å². The van der Waals surface area contributed by atoms with Crippen LogP contribution in [0.3, 0.4) is 0 Å². The van der Waals surface area contributed by atoms with Crippen LogP contribution in [0.2, 0.25) is 0 Å². The standard InChI is InChI=1S/C14H21NO3S/c1-4-5-10-15-14(16)12(3)19(17,18)13-8-6-11(2)7-9-13/h6-9,12H,4-5,10H2,1-3H3,(H,15,16)/t12-/m0/s1. The van der Waals surface area contributed by atoms with Crippen LogP contribution in [-0.2, 0) is 14.6 Å². The van der Waals surface area contributed by atoms with E-state index in [1.165, 1.54) is 6.92 Å². The van der Waals surface area contributed by atoms with Gasteiger partial charge in [0.2, 0.25) is 5.91 Å². The Kier molecular flexibility index (Phi) is 5.54. The fourth-order valence-corrected chi connectivity index (χ4v) is 2.89. The third-order valence-corrected chi connectivity index (χ3v) is 5.09. The predicted octanol–water partition coefficient (Wildman–Crippen LogP) is 2.07. The summed E-state index contributed by atoms with van der Waals surface area (Å²) in [5.41, 5.74) is 0.985. The minimum atomic E-state index is -3.60.